The van der Waals surface area contributed by atoms with Gasteiger partial charge in [-0.2, -0.15) is 13.2 Å². The number of ketones is 1. The Morgan fingerprint density at radius 3 is 2.56 bits per heavy atom. The van der Waals surface area contributed by atoms with E-state index in [9.17, 15) is 27.2 Å². The van der Waals surface area contributed by atoms with Crippen LogP contribution in [-0.2, 0) is 19.6 Å². The van der Waals surface area contributed by atoms with Crippen molar-refractivity contribution in [2.75, 3.05) is 5.32 Å². The van der Waals surface area contributed by atoms with E-state index in [1.807, 2.05) is 0 Å². The van der Waals surface area contributed by atoms with Crippen molar-refractivity contribution in [2.45, 2.75) is 19.0 Å². The first-order valence-corrected chi connectivity index (χ1v) is 7.57. The van der Waals surface area contributed by atoms with E-state index < -0.39 is 34.9 Å². The van der Waals surface area contributed by atoms with Gasteiger partial charge in [0.25, 0.3) is 5.91 Å². The summed E-state index contributed by atoms with van der Waals surface area (Å²) >= 11 is 5.63. The van der Waals surface area contributed by atoms with Crippen LogP contribution in [0.15, 0.2) is 18.2 Å². The molecule has 2 aromatic rings. The zero-order chi connectivity index (χ0) is 18.5. The Balaban J connectivity index is 2.05. The van der Waals surface area contributed by atoms with Crippen molar-refractivity contribution in [1.82, 2.24) is 4.57 Å². The molecule has 1 aliphatic rings. The number of aromatic nitrogens is 1. The molecule has 0 saturated carbocycles. The molecule has 0 radical (unpaired) electrons. The summed E-state index contributed by atoms with van der Waals surface area (Å²) in [6, 6.07) is 3.41. The number of Topliss-reactive ketones (excluding diaryl/α,β-unsaturated/α-hetero) is 1. The fourth-order valence-corrected chi connectivity index (χ4v) is 3.22. The van der Waals surface area contributed by atoms with Gasteiger partial charge in [-0.25, -0.2) is 4.39 Å². The lowest BCUT2D eigenvalue weighted by Crippen LogP contribution is -2.21. The normalized spacial score (nSPS) is 13.9. The summed E-state index contributed by atoms with van der Waals surface area (Å²) in [6.07, 6.45) is -4.78. The highest BCUT2D eigenvalue weighted by Gasteiger charge is 2.44. The number of amides is 1. The zero-order valence-corrected chi connectivity index (χ0v) is 13.6. The van der Waals surface area contributed by atoms with Crippen LogP contribution in [0.1, 0.15) is 38.5 Å². The molecule has 1 aliphatic carbocycles. The number of rotatable bonds is 2. The number of anilines is 1. The van der Waals surface area contributed by atoms with E-state index in [4.69, 9.17) is 11.6 Å². The van der Waals surface area contributed by atoms with Crippen LogP contribution in [0, 0.1) is 5.82 Å². The SMILES string of the molecule is Cn1c(C(=O)Nc2ccc(F)c(Cl)c2)c2c(c1C(F)(F)F)C(=O)CC2. The molecule has 0 fully saturated rings. The summed E-state index contributed by atoms with van der Waals surface area (Å²) in [5, 5.41) is 2.15. The second kappa shape index (κ2) is 5.87. The fraction of sp³-hybridized carbons (Fsp3) is 0.250. The molecule has 0 spiro atoms. The first kappa shape index (κ1) is 17.5. The predicted molar refractivity (Wildman–Crippen MR) is 82.4 cm³/mol. The number of carbonyl (C=O) groups excluding carboxylic acids is 2. The zero-order valence-electron chi connectivity index (χ0n) is 12.8. The van der Waals surface area contributed by atoms with Crippen LogP contribution in [0.2, 0.25) is 5.02 Å². The molecule has 0 atom stereocenters. The highest BCUT2D eigenvalue weighted by atomic mass is 35.5. The summed E-state index contributed by atoms with van der Waals surface area (Å²) in [4.78, 5) is 24.3. The maximum absolute atomic E-state index is 13.3. The predicted octanol–water partition coefficient (Wildman–Crippen LogP) is 4.22. The largest absolute Gasteiger partial charge is 0.432 e. The van der Waals surface area contributed by atoms with Gasteiger partial charge in [0, 0.05) is 19.2 Å². The van der Waals surface area contributed by atoms with Crippen molar-refractivity contribution in [3.63, 3.8) is 0 Å². The molecule has 0 saturated heterocycles. The molecular formula is C16H11ClF4N2O2. The minimum atomic E-state index is -4.77. The van der Waals surface area contributed by atoms with E-state index >= 15 is 0 Å². The van der Waals surface area contributed by atoms with Gasteiger partial charge in [-0.3, -0.25) is 9.59 Å². The lowest BCUT2D eigenvalue weighted by atomic mass is 10.1. The van der Waals surface area contributed by atoms with Gasteiger partial charge >= 0.3 is 6.18 Å². The van der Waals surface area contributed by atoms with Crippen molar-refractivity contribution in [2.24, 2.45) is 7.05 Å². The number of nitrogens with one attached hydrogen (secondary N) is 1. The van der Waals surface area contributed by atoms with Gasteiger partial charge in [0.15, 0.2) is 5.78 Å². The second-order valence-corrected chi connectivity index (χ2v) is 6.02. The quantitative estimate of drug-likeness (QED) is 0.800. The van der Waals surface area contributed by atoms with Crippen LogP contribution in [0.25, 0.3) is 0 Å². The Morgan fingerprint density at radius 1 is 1.28 bits per heavy atom. The van der Waals surface area contributed by atoms with Gasteiger partial charge in [-0.15, -0.1) is 0 Å². The molecule has 9 heteroatoms. The maximum atomic E-state index is 13.3. The third-order valence-corrected chi connectivity index (χ3v) is 4.33. The Labute approximate surface area is 144 Å². The molecule has 0 bridgehead atoms. The lowest BCUT2D eigenvalue weighted by molar-refractivity contribution is -0.143. The van der Waals surface area contributed by atoms with Crippen LogP contribution >= 0.6 is 11.6 Å². The second-order valence-electron chi connectivity index (χ2n) is 5.61. The molecule has 0 unspecified atom stereocenters. The van der Waals surface area contributed by atoms with E-state index in [-0.39, 0.29) is 34.8 Å². The number of hydrogen-bond donors (Lipinski definition) is 1. The van der Waals surface area contributed by atoms with Gasteiger partial charge in [-0.05, 0) is 30.2 Å². The van der Waals surface area contributed by atoms with Gasteiger partial charge in [0.05, 0.1) is 10.6 Å². The smallest absolute Gasteiger partial charge is 0.335 e. The lowest BCUT2D eigenvalue weighted by Gasteiger charge is -2.12. The molecule has 4 nitrogen and oxygen atoms in total. The number of fused-ring (bicyclic) bond motifs is 1. The number of carbonyl (C=O) groups is 2. The van der Waals surface area contributed by atoms with Crippen molar-refractivity contribution >= 4 is 29.0 Å². The van der Waals surface area contributed by atoms with Crippen molar-refractivity contribution in [3.05, 3.63) is 51.6 Å². The Kier molecular flexibility index (Phi) is 4.10. The summed E-state index contributed by atoms with van der Waals surface area (Å²) in [6.45, 7) is 0. The minimum absolute atomic E-state index is 0.0605. The van der Waals surface area contributed by atoms with E-state index in [2.05, 4.69) is 5.32 Å². The third-order valence-electron chi connectivity index (χ3n) is 4.04. The highest BCUT2D eigenvalue weighted by molar-refractivity contribution is 6.31. The number of hydrogen-bond acceptors (Lipinski definition) is 2. The minimum Gasteiger partial charge on any atom is -0.335 e. The molecule has 132 valence electrons. The first-order chi connectivity index (χ1) is 11.6. The molecule has 1 N–H and O–H groups in total. The topological polar surface area (TPSA) is 51.1 Å². The van der Waals surface area contributed by atoms with E-state index in [0.717, 1.165) is 19.2 Å². The molecule has 1 aromatic heterocycles. The monoisotopic (exact) mass is 374 g/mol. The fourth-order valence-electron chi connectivity index (χ4n) is 3.04. The molecule has 25 heavy (non-hydrogen) atoms. The Morgan fingerprint density at radius 2 is 1.96 bits per heavy atom. The maximum Gasteiger partial charge on any atom is 0.432 e. The standard InChI is InChI=1S/C16H11ClF4N2O2/c1-23-13(15(25)22-7-2-4-10(18)9(17)6-7)8-3-5-11(24)12(8)14(23)16(19,20)21/h2,4,6H,3,5H2,1H3,(H,22,25). The summed E-state index contributed by atoms with van der Waals surface area (Å²) in [5.41, 5.74) is -1.62. The average Bonchev–Trinajstić information content (AvgIpc) is 2.99. The molecule has 1 amide bonds. The molecule has 1 aromatic carbocycles. The number of halogens is 5. The van der Waals surface area contributed by atoms with Crippen molar-refractivity contribution in [3.8, 4) is 0 Å². The third kappa shape index (κ3) is 2.90. The number of alkyl halides is 3. The van der Waals surface area contributed by atoms with E-state index in [0.29, 0.717) is 4.57 Å². The number of nitrogens with zero attached hydrogens (tertiary/aromatic N) is 1. The van der Waals surface area contributed by atoms with Crippen molar-refractivity contribution < 1.29 is 27.2 Å². The highest BCUT2D eigenvalue weighted by Crippen LogP contribution is 2.40. The van der Waals surface area contributed by atoms with Gasteiger partial charge in [-0.1, -0.05) is 11.6 Å². The van der Waals surface area contributed by atoms with Gasteiger partial charge in [0.1, 0.15) is 17.2 Å². The van der Waals surface area contributed by atoms with Gasteiger partial charge in [0.2, 0.25) is 0 Å². The first-order valence-electron chi connectivity index (χ1n) is 7.19. The van der Waals surface area contributed by atoms with Crippen LogP contribution in [-0.4, -0.2) is 16.3 Å². The molecule has 0 aliphatic heterocycles. The van der Waals surface area contributed by atoms with Crippen LogP contribution in [0.3, 0.4) is 0 Å². The van der Waals surface area contributed by atoms with E-state index in [1.165, 1.54) is 6.07 Å². The molecule has 1 heterocycles. The Bertz CT molecular complexity index is 903. The summed E-state index contributed by atoms with van der Waals surface area (Å²) in [7, 11) is 1.08. The molecule has 3 rings (SSSR count). The van der Waals surface area contributed by atoms with Crippen molar-refractivity contribution in [1.29, 1.82) is 0 Å². The van der Waals surface area contributed by atoms with E-state index in [1.54, 1.807) is 0 Å². The number of benzene rings is 1. The van der Waals surface area contributed by atoms with Crippen LogP contribution < -0.4 is 5.32 Å². The van der Waals surface area contributed by atoms with Gasteiger partial charge < -0.3 is 9.88 Å². The van der Waals surface area contributed by atoms with Crippen LogP contribution in [0.5, 0.6) is 0 Å². The molecular weight excluding hydrogens is 364 g/mol. The average molecular weight is 375 g/mol. The summed E-state index contributed by atoms with van der Waals surface area (Å²) in [5.74, 6) is -2.15. The Hall–Kier alpha value is -2.35. The van der Waals surface area contributed by atoms with Crippen LogP contribution in [0.4, 0.5) is 23.2 Å². The summed E-state index contributed by atoms with van der Waals surface area (Å²) < 4.78 is 53.8.